The van der Waals surface area contributed by atoms with Crippen LogP contribution in [0, 0.1) is 17.2 Å². The van der Waals surface area contributed by atoms with Crippen LogP contribution in [0.15, 0.2) is 23.1 Å². The molecule has 0 spiro atoms. The molecule has 1 aromatic rings. The van der Waals surface area contributed by atoms with Gasteiger partial charge in [0.05, 0.1) is 6.10 Å². The number of thioether (sulfide) groups is 1. The molecule has 4 atom stereocenters. The molecule has 4 heteroatoms. The first-order valence-electron chi connectivity index (χ1n) is 7.87. The Morgan fingerprint density at radius 2 is 2.19 bits per heavy atom. The van der Waals surface area contributed by atoms with E-state index in [0.717, 1.165) is 30.8 Å². The first kappa shape index (κ1) is 14.0. The quantitative estimate of drug-likeness (QED) is 0.899. The fourth-order valence-electron chi connectivity index (χ4n) is 4.42. The van der Waals surface area contributed by atoms with Crippen LogP contribution in [0.5, 0.6) is 0 Å². The molecule has 0 amide bonds. The maximum Gasteiger partial charge on any atom is 0.123 e. The second-order valence-electron chi connectivity index (χ2n) is 7.08. The number of rotatable bonds is 2. The summed E-state index contributed by atoms with van der Waals surface area (Å²) in [6, 6.07) is 5.98. The maximum atomic E-state index is 13.6. The van der Waals surface area contributed by atoms with Crippen LogP contribution in [0.25, 0.3) is 0 Å². The monoisotopic (exact) mass is 307 g/mol. The maximum absolute atomic E-state index is 13.6. The molecular formula is C17H22FNOS. The highest BCUT2D eigenvalue weighted by Crippen LogP contribution is 2.53. The van der Waals surface area contributed by atoms with Crippen molar-refractivity contribution in [3.63, 3.8) is 0 Å². The number of halogens is 1. The number of hydrogen-bond acceptors (Lipinski definition) is 3. The average Bonchev–Trinajstić information content (AvgIpc) is 2.92. The fourth-order valence-corrected chi connectivity index (χ4v) is 5.52. The molecule has 3 aliphatic rings. The van der Waals surface area contributed by atoms with Crippen LogP contribution >= 0.6 is 11.8 Å². The second-order valence-corrected chi connectivity index (χ2v) is 8.22. The molecular weight excluding hydrogens is 285 g/mol. The Balaban J connectivity index is 1.58. The molecule has 1 aromatic carbocycles. The van der Waals surface area contributed by atoms with Gasteiger partial charge in [-0.05, 0) is 42.4 Å². The SMILES string of the molecule is CC1(C)C(NC2CCSc3ccc(F)cc32)C2CCOC21. The van der Waals surface area contributed by atoms with Gasteiger partial charge >= 0.3 is 0 Å². The molecule has 1 aliphatic carbocycles. The van der Waals surface area contributed by atoms with Gasteiger partial charge in [-0.2, -0.15) is 0 Å². The standard InChI is InChI=1S/C17H22FNOS/c1-17(2)15(11-5-7-20-16(11)17)19-13-6-8-21-14-4-3-10(18)9-12(13)14/h3-4,9,11,13,15-16,19H,5-8H2,1-2H3. The molecule has 1 saturated carbocycles. The molecule has 114 valence electrons. The molecule has 0 radical (unpaired) electrons. The highest BCUT2D eigenvalue weighted by atomic mass is 32.2. The van der Waals surface area contributed by atoms with Crippen molar-refractivity contribution in [3.05, 3.63) is 29.6 Å². The van der Waals surface area contributed by atoms with E-state index in [0.29, 0.717) is 18.1 Å². The Morgan fingerprint density at radius 1 is 1.33 bits per heavy atom. The number of hydrogen-bond donors (Lipinski definition) is 1. The molecule has 2 fully saturated rings. The lowest BCUT2D eigenvalue weighted by atomic mass is 9.57. The summed E-state index contributed by atoms with van der Waals surface area (Å²) < 4.78 is 19.5. The molecule has 4 unspecified atom stereocenters. The van der Waals surface area contributed by atoms with Gasteiger partial charge in [0.25, 0.3) is 0 Å². The lowest BCUT2D eigenvalue weighted by Crippen LogP contribution is -2.66. The molecule has 2 aliphatic heterocycles. The Hall–Kier alpha value is -0.580. The van der Waals surface area contributed by atoms with Crippen LogP contribution in [-0.4, -0.2) is 24.5 Å². The van der Waals surface area contributed by atoms with Crippen molar-refractivity contribution >= 4 is 11.8 Å². The summed E-state index contributed by atoms with van der Waals surface area (Å²) in [5, 5.41) is 3.84. The number of nitrogens with one attached hydrogen (secondary N) is 1. The van der Waals surface area contributed by atoms with Crippen molar-refractivity contribution in [1.29, 1.82) is 0 Å². The summed E-state index contributed by atoms with van der Waals surface area (Å²) in [6.45, 7) is 5.48. The lowest BCUT2D eigenvalue weighted by molar-refractivity contribution is -0.115. The van der Waals surface area contributed by atoms with E-state index in [1.165, 1.54) is 4.90 Å². The van der Waals surface area contributed by atoms with E-state index in [4.69, 9.17) is 4.74 Å². The summed E-state index contributed by atoms with van der Waals surface area (Å²) in [6.07, 6.45) is 2.63. The molecule has 2 nitrogen and oxygen atoms in total. The first-order valence-corrected chi connectivity index (χ1v) is 8.86. The topological polar surface area (TPSA) is 21.3 Å². The molecule has 2 heterocycles. The summed E-state index contributed by atoms with van der Waals surface area (Å²) >= 11 is 1.84. The summed E-state index contributed by atoms with van der Waals surface area (Å²) in [5.74, 6) is 1.61. The predicted molar refractivity (Wildman–Crippen MR) is 83.0 cm³/mol. The largest absolute Gasteiger partial charge is 0.377 e. The van der Waals surface area contributed by atoms with Crippen LogP contribution in [0.4, 0.5) is 4.39 Å². The van der Waals surface area contributed by atoms with Crippen molar-refractivity contribution in [2.75, 3.05) is 12.4 Å². The van der Waals surface area contributed by atoms with Gasteiger partial charge in [0.2, 0.25) is 0 Å². The fraction of sp³-hybridized carbons (Fsp3) is 0.647. The van der Waals surface area contributed by atoms with Gasteiger partial charge < -0.3 is 10.1 Å². The third-order valence-electron chi connectivity index (χ3n) is 5.49. The van der Waals surface area contributed by atoms with Crippen LogP contribution in [0.3, 0.4) is 0 Å². The molecule has 1 N–H and O–H groups in total. The Labute approximate surface area is 129 Å². The van der Waals surface area contributed by atoms with E-state index in [1.54, 1.807) is 12.1 Å². The predicted octanol–water partition coefficient (Wildman–Crippen LogP) is 3.77. The van der Waals surface area contributed by atoms with Gasteiger partial charge in [0.15, 0.2) is 0 Å². The molecule has 21 heavy (non-hydrogen) atoms. The van der Waals surface area contributed by atoms with Crippen molar-refractivity contribution < 1.29 is 9.13 Å². The summed E-state index contributed by atoms with van der Waals surface area (Å²) in [7, 11) is 0. The third-order valence-corrected chi connectivity index (χ3v) is 6.62. The second kappa shape index (κ2) is 4.97. The average molecular weight is 307 g/mol. The number of benzene rings is 1. The number of fused-ring (bicyclic) bond motifs is 2. The van der Waals surface area contributed by atoms with Gasteiger partial charge in [-0.25, -0.2) is 4.39 Å². The Kier molecular flexibility index (Phi) is 3.32. The third kappa shape index (κ3) is 2.14. The number of ether oxygens (including phenoxy) is 1. The van der Waals surface area contributed by atoms with Crippen molar-refractivity contribution in [1.82, 2.24) is 5.32 Å². The summed E-state index contributed by atoms with van der Waals surface area (Å²) in [5.41, 5.74) is 1.32. The van der Waals surface area contributed by atoms with Gasteiger partial charge in [-0.15, -0.1) is 11.8 Å². The van der Waals surface area contributed by atoms with E-state index in [1.807, 2.05) is 17.8 Å². The van der Waals surface area contributed by atoms with E-state index >= 15 is 0 Å². The van der Waals surface area contributed by atoms with E-state index in [2.05, 4.69) is 19.2 Å². The lowest BCUT2D eigenvalue weighted by Gasteiger charge is -2.56. The minimum Gasteiger partial charge on any atom is -0.377 e. The van der Waals surface area contributed by atoms with Gasteiger partial charge in [-0.3, -0.25) is 0 Å². The molecule has 0 bridgehead atoms. The van der Waals surface area contributed by atoms with Crippen LogP contribution in [0.1, 0.15) is 38.3 Å². The van der Waals surface area contributed by atoms with E-state index in [-0.39, 0.29) is 17.3 Å². The molecule has 4 rings (SSSR count). The molecule has 0 aromatic heterocycles. The van der Waals surface area contributed by atoms with E-state index in [9.17, 15) is 4.39 Å². The van der Waals surface area contributed by atoms with Crippen LogP contribution < -0.4 is 5.32 Å². The highest BCUT2D eigenvalue weighted by molar-refractivity contribution is 7.99. The first-order chi connectivity index (χ1) is 10.1. The Morgan fingerprint density at radius 3 is 3.05 bits per heavy atom. The van der Waals surface area contributed by atoms with Crippen molar-refractivity contribution in [3.8, 4) is 0 Å². The van der Waals surface area contributed by atoms with Crippen LogP contribution in [-0.2, 0) is 4.74 Å². The highest BCUT2D eigenvalue weighted by Gasteiger charge is 2.59. The van der Waals surface area contributed by atoms with Gasteiger partial charge in [0.1, 0.15) is 5.82 Å². The Bertz CT molecular complexity index is 562. The van der Waals surface area contributed by atoms with Crippen LogP contribution in [0.2, 0.25) is 0 Å². The molecule has 1 saturated heterocycles. The van der Waals surface area contributed by atoms with E-state index < -0.39 is 0 Å². The van der Waals surface area contributed by atoms with Gasteiger partial charge in [-0.1, -0.05) is 13.8 Å². The minimum atomic E-state index is -0.127. The zero-order valence-electron chi connectivity index (χ0n) is 12.6. The smallest absolute Gasteiger partial charge is 0.123 e. The summed E-state index contributed by atoms with van der Waals surface area (Å²) in [4.78, 5) is 1.23. The minimum absolute atomic E-state index is 0.127. The van der Waals surface area contributed by atoms with Crippen molar-refractivity contribution in [2.45, 2.75) is 49.8 Å². The zero-order chi connectivity index (χ0) is 14.6. The normalized spacial score (nSPS) is 36.7. The van der Waals surface area contributed by atoms with Gasteiger partial charge in [0, 0.05) is 34.9 Å². The van der Waals surface area contributed by atoms with Crippen molar-refractivity contribution in [2.24, 2.45) is 11.3 Å². The zero-order valence-corrected chi connectivity index (χ0v) is 13.4.